The van der Waals surface area contributed by atoms with Crippen LogP contribution in [0.2, 0.25) is 0 Å². The van der Waals surface area contributed by atoms with E-state index >= 15 is 0 Å². The summed E-state index contributed by atoms with van der Waals surface area (Å²) in [6.07, 6.45) is -23.2. The SMILES string of the molecule is FCC(F)(F)C(F)(F)/C(=C(\C(F)(F)F)C(F)(F)C(F)(F)C(F)(F)F)C(F)(F)F. The van der Waals surface area contributed by atoms with Gasteiger partial charge in [0.25, 0.3) is 0 Å². The number of allylic oxidation sites excluding steroid dienone is 2. The minimum Gasteiger partial charge on any atom is -0.244 e. The van der Waals surface area contributed by atoms with Gasteiger partial charge in [-0.3, -0.25) is 0 Å². The fraction of sp³-hybridized carbons (Fsp3) is 0.800. The smallest absolute Gasteiger partial charge is 0.244 e. The monoisotopic (exact) mass is 464 g/mol. The molecule has 0 rings (SSSR count). The molecule has 0 bridgehead atoms. The molecule has 0 N–H and O–H groups in total. The van der Waals surface area contributed by atoms with Crippen LogP contribution in [0.25, 0.3) is 0 Å². The summed E-state index contributed by atoms with van der Waals surface area (Å²) >= 11 is 0. The van der Waals surface area contributed by atoms with Crippen molar-refractivity contribution in [3.8, 4) is 0 Å². The van der Waals surface area contributed by atoms with E-state index in [1.54, 1.807) is 0 Å². The summed E-state index contributed by atoms with van der Waals surface area (Å²) < 4.78 is 227. The first kappa shape index (κ1) is 26.5. The van der Waals surface area contributed by atoms with Crippen LogP contribution < -0.4 is 0 Å². The lowest BCUT2D eigenvalue weighted by Crippen LogP contribution is -2.58. The molecule has 0 aromatic carbocycles. The Balaban J connectivity index is 7.61. The van der Waals surface area contributed by atoms with Crippen LogP contribution in [0, 0.1) is 0 Å². The quantitative estimate of drug-likeness (QED) is 0.323. The summed E-state index contributed by atoms with van der Waals surface area (Å²) in [5.41, 5.74) is -11.2. The largest absolute Gasteiger partial charge is 0.460 e. The van der Waals surface area contributed by atoms with Crippen LogP contribution in [0.3, 0.4) is 0 Å². The zero-order valence-electron chi connectivity index (χ0n) is 12.0. The van der Waals surface area contributed by atoms with Gasteiger partial charge in [-0.1, -0.05) is 0 Å². The van der Waals surface area contributed by atoms with E-state index in [1.165, 1.54) is 0 Å². The van der Waals surface area contributed by atoms with Gasteiger partial charge < -0.3 is 0 Å². The Bertz CT molecular complexity index is 595. The van der Waals surface area contributed by atoms with Gasteiger partial charge in [-0.2, -0.15) is 74.6 Å². The van der Waals surface area contributed by atoms with Crippen molar-refractivity contribution >= 4 is 0 Å². The summed E-state index contributed by atoms with van der Waals surface area (Å²) in [7, 11) is 0. The second kappa shape index (κ2) is 6.77. The van der Waals surface area contributed by atoms with Gasteiger partial charge >= 0.3 is 42.2 Å². The predicted octanol–water partition coefficient (Wildman–Crippen LogP) is 6.48. The van der Waals surface area contributed by atoms with Gasteiger partial charge in [0.15, 0.2) is 6.67 Å². The molecule has 28 heavy (non-hydrogen) atoms. The molecular formula is C10H2F18. The average molecular weight is 464 g/mol. The number of alkyl halides is 18. The van der Waals surface area contributed by atoms with E-state index in [1.807, 2.05) is 0 Å². The third-order valence-electron chi connectivity index (χ3n) is 2.82. The van der Waals surface area contributed by atoms with Crippen molar-refractivity contribution in [2.24, 2.45) is 0 Å². The Morgan fingerprint density at radius 2 is 0.750 bits per heavy atom. The summed E-state index contributed by atoms with van der Waals surface area (Å²) in [4.78, 5) is 0. The van der Waals surface area contributed by atoms with E-state index in [4.69, 9.17) is 0 Å². The number of hydrogen-bond donors (Lipinski definition) is 0. The molecule has 0 fully saturated rings. The van der Waals surface area contributed by atoms with E-state index in [0.717, 1.165) is 0 Å². The van der Waals surface area contributed by atoms with Crippen molar-refractivity contribution in [3.05, 3.63) is 11.1 Å². The fourth-order valence-corrected chi connectivity index (χ4v) is 1.56. The maximum atomic E-state index is 13.2. The van der Waals surface area contributed by atoms with Crippen molar-refractivity contribution in [2.75, 3.05) is 6.67 Å². The minimum atomic E-state index is -8.18. The fourth-order valence-electron chi connectivity index (χ4n) is 1.56. The molecular weight excluding hydrogens is 462 g/mol. The molecule has 0 aromatic heterocycles. The molecule has 0 aliphatic heterocycles. The first-order valence-electron chi connectivity index (χ1n) is 5.83. The third kappa shape index (κ3) is 4.23. The van der Waals surface area contributed by atoms with E-state index in [-0.39, 0.29) is 0 Å². The molecule has 0 radical (unpaired) electrons. The highest BCUT2D eigenvalue weighted by molar-refractivity contribution is 5.38. The van der Waals surface area contributed by atoms with E-state index < -0.39 is 60.0 Å². The van der Waals surface area contributed by atoms with Gasteiger partial charge in [0.1, 0.15) is 11.1 Å². The zero-order chi connectivity index (χ0) is 23.4. The normalized spacial score (nSPS) is 16.9. The molecule has 0 aliphatic carbocycles. The first-order valence-corrected chi connectivity index (χ1v) is 5.83. The topological polar surface area (TPSA) is 0 Å². The first-order chi connectivity index (χ1) is 11.8. The summed E-state index contributed by atoms with van der Waals surface area (Å²) in [5.74, 6) is -30.7. The lowest BCUT2D eigenvalue weighted by Gasteiger charge is -2.35. The maximum Gasteiger partial charge on any atom is 0.460 e. The van der Waals surface area contributed by atoms with Gasteiger partial charge in [-0.25, -0.2) is 4.39 Å². The Morgan fingerprint density at radius 1 is 0.464 bits per heavy atom. The second-order valence-electron chi connectivity index (χ2n) is 4.80. The Hall–Kier alpha value is -1.52. The van der Waals surface area contributed by atoms with Crippen molar-refractivity contribution in [2.45, 2.75) is 42.2 Å². The van der Waals surface area contributed by atoms with E-state index in [9.17, 15) is 79.0 Å². The van der Waals surface area contributed by atoms with Crippen LogP contribution in [0.15, 0.2) is 11.1 Å². The lowest BCUT2D eigenvalue weighted by molar-refractivity contribution is -0.352. The molecule has 0 atom stereocenters. The molecule has 0 saturated heterocycles. The summed E-state index contributed by atoms with van der Waals surface area (Å²) in [6.45, 7) is -3.92. The van der Waals surface area contributed by atoms with Crippen molar-refractivity contribution in [1.29, 1.82) is 0 Å². The molecule has 0 saturated carbocycles. The highest BCUT2D eigenvalue weighted by atomic mass is 19.4. The minimum absolute atomic E-state index is 3.92. The highest BCUT2D eigenvalue weighted by Crippen LogP contribution is 2.59. The Kier molecular flexibility index (Phi) is 6.41. The average Bonchev–Trinajstić information content (AvgIpc) is 2.39. The van der Waals surface area contributed by atoms with Crippen LogP contribution in [-0.2, 0) is 0 Å². The van der Waals surface area contributed by atoms with Gasteiger partial charge in [0.2, 0.25) is 0 Å². The van der Waals surface area contributed by atoms with E-state index in [2.05, 4.69) is 0 Å². The number of rotatable bonds is 5. The Morgan fingerprint density at radius 3 is 0.964 bits per heavy atom. The second-order valence-corrected chi connectivity index (χ2v) is 4.80. The summed E-state index contributed by atoms with van der Waals surface area (Å²) in [5, 5.41) is 0. The lowest BCUT2D eigenvalue weighted by atomic mass is 9.89. The summed E-state index contributed by atoms with van der Waals surface area (Å²) in [6, 6.07) is 0. The third-order valence-corrected chi connectivity index (χ3v) is 2.82. The molecule has 0 amide bonds. The maximum absolute atomic E-state index is 13.2. The molecule has 168 valence electrons. The zero-order valence-corrected chi connectivity index (χ0v) is 12.0. The molecule has 0 unspecified atom stereocenters. The van der Waals surface area contributed by atoms with Gasteiger partial charge in [-0.05, 0) is 0 Å². The van der Waals surface area contributed by atoms with Crippen LogP contribution in [0.5, 0.6) is 0 Å². The van der Waals surface area contributed by atoms with Crippen molar-refractivity contribution in [1.82, 2.24) is 0 Å². The van der Waals surface area contributed by atoms with Crippen LogP contribution in [0.4, 0.5) is 79.0 Å². The van der Waals surface area contributed by atoms with Gasteiger partial charge in [0, 0.05) is 0 Å². The van der Waals surface area contributed by atoms with Crippen molar-refractivity contribution in [3.63, 3.8) is 0 Å². The van der Waals surface area contributed by atoms with Gasteiger partial charge in [-0.15, -0.1) is 0 Å². The molecule has 0 heterocycles. The molecule has 0 spiro atoms. The van der Waals surface area contributed by atoms with E-state index in [0.29, 0.717) is 0 Å². The number of hydrogen-bond acceptors (Lipinski definition) is 0. The van der Waals surface area contributed by atoms with Gasteiger partial charge in [0.05, 0.1) is 0 Å². The van der Waals surface area contributed by atoms with Crippen molar-refractivity contribution < 1.29 is 79.0 Å². The molecule has 0 aromatic rings. The number of halogens is 18. The Labute approximate surface area is 140 Å². The van der Waals surface area contributed by atoms with Crippen LogP contribution >= 0.6 is 0 Å². The predicted molar refractivity (Wildman–Crippen MR) is 51.0 cm³/mol. The highest BCUT2D eigenvalue weighted by Gasteiger charge is 2.80. The molecule has 18 heteroatoms. The standard InChI is InChI=1S/C10H2F18/c11-1-4(12,13)5(14,15)2(7(18,19)20)3(8(21,22)23)6(16,17)9(24,25)10(26,27)28/h1H2/b3-2+. The van der Waals surface area contributed by atoms with Crippen LogP contribution in [0.1, 0.15) is 0 Å². The molecule has 0 nitrogen and oxygen atoms in total. The molecule has 0 aliphatic rings. The van der Waals surface area contributed by atoms with Crippen LogP contribution in [-0.4, -0.2) is 48.9 Å².